The molecule has 7 heteroatoms. The van der Waals surface area contributed by atoms with Crippen LogP contribution in [-0.4, -0.2) is 26.2 Å². The summed E-state index contributed by atoms with van der Waals surface area (Å²) in [7, 11) is 3.09. The molecule has 0 saturated carbocycles. The maximum Gasteiger partial charge on any atom is 0.319 e. The molecular formula is C22H25N3O4. The van der Waals surface area contributed by atoms with E-state index in [2.05, 4.69) is 22.5 Å². The Kier molecular flexibility index (Phi) is 5.77. The van der Waals surface area contributed by atoms with Crippen LogP contribution in [0.15, 0.2) is 48.7 Å². The Morgan fingerprint density at radius 3 is 2.59 bits per heavy atom. The van der Waals surface area contributed by atoms with Crippen molar-refractivity contribution in [3.63, 3.8) is 0 Å². The average Bonchev–Trinajstić information content (AvgIpc) is 2.70. The highest BCUT2D eigenvalue weighted by atomic mass is 16.5. The molecule has 2 atom stereocenters. The zero-order chi connectivity index (χ0) is 21.1. The fourth-order valence-electron chi connectivity index (χ4n) is 3.42. The van der Waals surface area contributed by atoms with Crippen LogP contribution >= 0.6 is 0 Å². The second-order valence-corrected chi connectivity index (χ2v) is 6.92. The number of methoxy groups -OCH3 is 2. The molecule has 1 fully saturated rings. The third-order valence-electron chi connectivity index (χ3n) is 5.19. The summed E-state index contributed by atoms with van der Waals surface area (Å²) in [5.41, 5.74) is 3.76. The monoisotopic (exact) mass is 395 g/mol. The second kappa shape index (κ2) is 8.26. The molecule has 3 rings (SSSR count). The minimum absolute atomic E-state index is 0.279. The van der Waals surface area contributed by atoms with Gasteiger partial charge in [0, 0.05) is 23.0 Å². The van der Waals surface area contributed by atoms with Crippen molar-refractivity contribution in [3.8, 4) is 11.5 Å². The summed E-state index contributed by atoms with van der Waals surface area (Å²) in [6.45, 7) is 7.85. The van der Waals surface area contributed by atoms with E-state index in [0.717, 1.165) is 16.8 Å². The lowest BCUT2D eigenvalue weighted by Gasteiger charge is -2.34. The first kappa shape index (κ1) is 20.3. The van der Waals surface area contributed by atoms with E-state index < -0.39 is 18.0 Å². The highest BCUT2D eigenvalue weighted by molar-refractivity contribution is 5.97. The van der Waals surface area contributed by atoms with Crippen LogP contribution in [0.2, 0.25) is 0 Å². The van der Waals surface area contributed by atoms with Crippen molar-refractivity contribution in [2.75, 3.05) is 19.5 Å². The molecule has 0 bridgehead atoms. The predicted octanol–water partition coefficient (Wildman–Crippen LogP) is 3.44. The summed E-state index contributed by atoms with van der Waals surface area (Å²) in [5.74, 6) is 0.101. The van der Waals surface area contributed by atoms with Crippen molar-refractivity contribution in [2.24, 2.45) is 5.92 Å². The van der Waals surface area contributed by atoms with Crippen molar-refractivity contribution < 1.29 is 19.1 Å². The van der Waals surface area contributed by atoms with Gasteiger partial charge < -0.3 is 25.4 Å². The van der Waals surface area contributed by atoms with Gasteiger partial charge in [0.2, 0.25) is 5.91 Å². The molecule has 7 nitrogen and oxygen atoms in total. The molecule has 0 spiro atoms. The molecule has 0 radical (unpaired) electrons. The summed E-state index contributed by atoms with van der Waals surface area (Å²) in [4.78, 5) is 25.4. The third-order valence-corrected chi connectivity index (χ3v) is 5.19. The molecule has 1 aliphatic rings. The smallest absolute Gasteiger partial charge is 0.319 e. The number of hydrogen-bond donors (Lipinski definition) is 3. The average molecular weight is 395 g/mol. The molecule has 29 heavy (non-hydrogen) atoms. The van der Waals surface area contributed by atoms with Crippen LogP contribution < -0.4 is 25.4 Å². The molecular weight excluding hydrogens is 370 g/mol. The third kappa shape index (κ3) is 4.03. The van der Waals surface area contributed by atoms with E-state index in [9.17, 15) is 9.59 Å². The van der Waals surface area contributed by atoms with Gasteiger partial charge in [-0.3, -0.25) is 4.79 Å². The van der Waals surface area contributed by atoms with Crippen LogP contribution in [-0.2, 0) is 4.79 Å². The first-order valence-electron chi connectivity index (χ1n) is 9.21. The number of urea groups is 1. The summed E-state index contributed by atoms with van der Waals surface area (Å²) < 4.78 is 10.7. The van der Waals surface area contributed by atoms with Crippen molar-refractivity contribution in [1.29, 1.82) is 0 Å². The molecule has 152 valence electrons. The van der Waals surface area contributed by atoms with Gasteiger partial charge in [-0.25, -0.2) is 4.79 Å². The van der Waals surface area contributed by atoms with Gasteiger partial charge in [-0.1, -0.05) is 18.7 Å². The Balaban J connectivity index is 1.98. The summed E-state index contributed by atoms with van der Waals surface area (Å²) in [6.07, 6.45) is 0. The highest BCUT2D eigenvalue weighted by Gasteiger charge is 2.39. The van der Waals surface area contributed by atoms with Crippen LogP contribution in [0.25, 0.3) is 0 Å². The van der Waals surface area contributed by atoms with E-state index in [4.69, 9.17) is 9.47 Å². The summed E-state index contributed by atoms with van der Waals surface area (Å²) >= 11 is 0. The maximum atomic E-state index is 13.2. The van der Waals surface area contributed by atoms with Crippen LogP contribution in [0.1, 0.15) is 22.7 Å². The minimum Gasteiger partial charge on any atom is -0.497 e. The zero-order valence-electron chi connectivity index (χ0n) is 17.0. The summed E-state index contributed by atoms with van der Waals surface area (Å²) in [5, 5.41) is 8.41. The Morgan fingerprint density at radius 1 is 1.14 bits per heavy atom. The van der Waals surface area contributed by atoms with E-state index in [-0.39, 0.29) is 5.91 Å². The number of nitrogens with one attached hydrogen (secondary N) is 3. The van der Waals surface area contributed by atoms with Gasteiger partial charge in [0.15, 0.2) is 0 Å². The second-order valence-electron chi connectivity index (χ2n) is 6.92. The lowest BCUT2D eigenvalue weighted by Crippen LogP contribution is -2.52. The van der Waals surface area contributed by atoms with Gasteiger partial charge in [-0.2, -0.15) is 0 Å². The van der Waals surface area contributed by atoms with Gasteiger partial charge in [0.05, 0.1) is 20.3 Å². The quantitative estimate of drug-likeness (QED) is 0.724. The number of hydrogen-bond acceptors (Lipinski definition) is 4. The number of carbonyl (C=O) groups is 2. The van der Waals surface area contributed by atoms with E-state index in [1.807, 2.05) is 32.0 Å². The molecule has 3 N–H and O–H groups in total. The number of aryl methyl sites for hydroxylation is 1. The van der Waals surface area contributed by atoms with Gasteiger partial charge in [-0.15, -0.1) is 0 Å². The lowest BCUT2D eigenvalue weighted by atomic mass is 9.87. The standard InChI is InChI=1S/C22H25N3O4/c1-12-7-6-8-17(13(12)2)24-21(26)19-14(3)23-22(27)25-20(19)16-10-9-15(28-4)11-18(16)29-5/h6-11,19-20H,3H2,1-2,4-5H3,(H,24,26)(H2,23,25,27)/t19-,20+/m0/s1. The van der Waals surface area contributed by atoms with Crippen LogP contribution in [0.5, 0.6) is 11.5 Å². The van der Waals surface area contributed by atoms with E-state index in [1.165, 1.54) is 7.11 Å². The molecule has 1 saturated heterocycles. The number of ether oxygens (including phenoxy) is 2. The summed E-state index contributed by atoms with van der Waals surface area (Å²) in [6, 6.07) is 9.89. The highest BCUT2D eigenvalue weighted by Crippen LogP contribution is 2.37. The van der Waals surface area contributed by atoms with Crippen molar-refractivity contribution in [3.05, 3.63) is 65.4 Å². The molecule has 0 unspecified atom stereocenters. The topological polar surface area (TPSA) is 88.7 Å². The molecule has 2 aromatic carbocycles. The number of benzene rings is 2. The Labute approximate surface area is 170 Å². The van der Waals surface area contributed by atoms with Gasteiger partial charge >= 0.3 is 6.03 Å². The number of amides is 3. The van der Waals surface area contributed by atoms with E-state index >= 15 is 0 Å². The fourth-order valence-corrected chi connectivity index (χ4v) is 3.42. The molecule has 2 aromatic rings. The first-order valence-corrected chi connectivity index (χ1v) is 9.21. The van der Waals surface area contributed by atoms with Gasteiger partial charge in [0.25, 0.3) is 0 Å². The normalized spacial score (nSPS) is 18.5. The largest absolute Gasteiger partial charge is 0.497 e. The van der Waals surface area contributed by atoms with E-state index in [0.29, 0.717) is 22.8 Å². The van der Waals surface area contributed by atoms with Gasteiger partial charge in [0.1, 0.15) is 17.4 Å². The van der Waals surface area contributed by atoms with Crippen molar-refractivity contribution in [2.45, 2.75) is 19.9 Å². The molecule has 1 aliphatic heterocycles. The Hall–Kier alpha value is -3.48. The minimum atomic E-state index is -0.741. The SMILES string of the molecule is C=C1NC(=O)N[C@H](c2ccc(OC)cc2OC)[C@H]1C(=O)Nc1cccc(C)c1C. The van der Waals surface area contributed by atoms with E-state index in [1.54, 1.807) is 25.3 Å². The number of carbonyl (C=O) groups excluding carboxylic acids is 2. The van der Waals surface area contributed by atoms with Crippen LogP contribution in [0.4, 0.5) is 10.5 Å². The van der Waals surface area contributed by atoms with Crippen LogP contribution in [0.3, 0.4) is 0 Å². The fraction of sp³-hybridized carbons (Fsp3) is 0.273. The van der Waals surface area contributed by atoms with Gasteiger partial charge in [-0.05, 0) is 43.2 Å². The molecule has 0 aliphatic carbocycles. The maximum absolute atomic E-state index is 13.2. The van der Waals surface area contributed by atoms with Crippen LogP contribution in [0, 0.1) is 19.8 Å². The zero-order valence-corrected chi connectivity index (χ0v) is 17.0. The Morgan fingerprint density at radius 2 is 1.90 bits per heavy atom. The first-order chi connectivity index (χ1) is 13.8. The molecule has 1 heterocycles. The number of rotatable bonds is 5. The molecule has 0 aromatic heterocycles. The molecule has 3 amide bonds. The number of anilines is 1. The Bertz CT molecular complexity index is 971. The van der Waals surface area contributed by atoms with Crippen molar-refractivity contribution >= 4 is 17.6 Å². The van der Waals surface area contributed by atoms with Crippen molar-refractivity contribution in [1.82, 2.24) is 10.6 Å². The predicted molar refractivity (Wildman–Crippen MR) is 111 cm³/mol. The lowest BCUT2D eigenvalue weighted by molar-refractivity contribution is -0.119.